The standard InChI is InChI=1S/C9H18S2/c1-8(2)4-3-5-9-6-10-11-7-9/h8-9H,3-7H2,1-2H3. The summed E-state index contributed by atoms with van der Waals surface area (Å²) in [5.41, 5.74) is 0. The first-order valence-electron chi connectivity index (χ1n) is 4.53. The van der Waals surface area contributed by atoms with Crippen molar-refractivity contribution in [1.29, 1.82) is 0 Å². The van der Waals surface area contributed by atoms with Crippen LogP contribution in [0.2, 0.25) is 0 Å². The molecule has 66 valence electrons. The Morgan fingerprint density at radius 3 is 2.45 bits per heavy atom. The third-order valence-corrected chi connectivity index (χ3v) is 4.78. The van der Waals surface area contributed by atoms with Crippen LogP contribution in [0.5, 0.6) is 0 Å². The maximum absolute atomic E-state index is 2.32. The van der Waals surface area contributed by atoms with Crippen molar-refractivity contribution < 1.29 is 0 Å². The molecule has 11 heavy (non-hydrogen) atoms. The monoisotopic (exact) mass is 190 g/mol. The molecule has 1 rings (SSSR count). The second-order valence-electron chi connectivity index (χ2n) is 3.76. The highest BCUT2D eigenvalue weighted by molar-refractivity contribution is 8.77. The molecule has 0 amide bonds. The minimum atomic E-state index is 0.900. The van der Waals surface area contributed by atoms with Gasteiger partial charge in [-0.2, -0.15) is 0 Å². The number of rotatable bonds is 4. The smallest absolute Gasteiger partial charge is 0.00735 e. The molecule has 1 fully saturated rings. The average molecular weight is 190 g/mol. The Bertz CT molecular complexity index is 95.7. The largest absolute Gasteiger partial charge is 0.0938 e. The Hall–Kier alpha value is 0.700. The normalized spacial score (nSPS) is 19.9. The predicted molar refractivity (Wildman–Crippen MR) is 57.1 cm³/mol. The van der Waals surface area contributed by atoms with E-state index >= 15 is 0 Å². The lowest BCUT2D eigenvalue weighted by atomic mass is 10.0. The summed E-state index contributed by atoms with van der Waals surface area (Å²) in [5, 5.41) is 0. The van der Waals surface area contributed by atoms with Gasteiger partial charge in [-0.25, -0.2) is 0 Å². The van der Waals surface area contributed by atoms with E-state index in [9.17, 15) is 0 Å². The number of hydrogen-bond acceptors (Lipinski definition) is 2. The van der Waals surface area contributed by atoms with Crippen LogP contribution in [0, 0.1) is 11.8 Å². The second-order valence-corrected chi connectivity index (χ2v) is 6.31. The first-order valence-corrected chi connectivity index (χ1v) is 7.02. The Labute approximate surface area is 78.3 Å². The Kier molecular flexibility index (Phi) is 4.77. The lowest BCUT2D eigenvalue weighted by Crippen LogP contribution is -2.01. The molecule has 2 heteroatoms. The fraction of sp³-hybridized carbons (Fsp3) is 1.00. The van der Waals surface area contributed by atoms with E-state index < -0.39 is 0 Å². The zero-order valence-electron chi connectivity index (χ0n) is 7.51. The summed E-state index contributed by atoms with van der Waals surface area (Å²) < 4.78 is 0. The maximum atomic E-state index is 2.32. The summed E-state index contributed by atoms with van der Waals surface area (Å²) >= 11 is 0. The van der Waals surface area contributed by atoms with E-state index in [0.717, 1.165) is 11.8 Å². The van der Waals surface area contributed by atoms with Crippen LogP contribution in [0.3, 0.4) is 0 Å². The van der Waals surface area contributed by atoms with E-state index in [1.54, 1.807) is 0 Å². The molecule has 0 bridgehead atoms. The molecule has 0 aromatic rings. The van der Waals surface area contributed by atoms with Crippen molar-refractivity contribution >= 4 is 21.6 Å². The van der Waals surface area contributed by atoms with Crippen LogP contribution in [0.4, 0.5) is 0 Å². The molecule has 0 aromatic carbocycles. The minimum Gasteiger partial charge on any atom is -0.0938 e. The Morgan fingerprint density at radius 2 is 1.91 bits per heavy atom. The maximum Gasteiger partial charge on any atom is 0.00735 e. The van der Waals surface area contributed by atoms with Crippen LogP contribution in [0.15, 0.2) is 0 Å². The van der Waals surface area contributed by atoms with Gasteiger partial charge in [0.1, 0.15) is 0 Å². The van der Waals surface area contributed by atoms with Crippen LogP contribution in [0.25, 0.3) is 0 Å². The predicted octanol–water partition coefficient (Wildman–Crippen LogP) is 3.82. The van der Waals surface area contributed by atoms with E-state index in [1.165, 1.54) is 30.8 Å². The van der Waals surface area contributed by atoms with Crippen molar-refractivity contribution in [3.8, 4) is 0 Å². The highest BCUT2D eigenvalue weighted by Crippen LogP contribution is 2.36. The molecule has 0 aromatic heterocycles. The molecule has 0 spiro atoms. The van der Waals surface area contributed by atoms with Crippen molar-refractivity contribution in [2.45, 2.75) is 33.1 Å². The van der Waals surface area contributed by atoms with Gasteiger partial charge in [0.15, 0.2) is 0 Å². The molecule has 1 aliphatic heterocycles. The fourth-order valence-corrected chi connectivity index (χ4v) is 4.35. The summed E-state index contributed by atoms with van der Waals surface area (Å²) in [7, 11) is 4.12. The van der Waals surface area contributed by atoms with Crippen molar-refractivity contribution in [2.24, 2.45) is 11.8 Å². The lowest BCUT2D eigenvalue weighted by molar-refractivity contribution is 0.490. The van der Waals surface area contributed by atoms with Crippen LogP contribution < -0.4 is 0 Å². The molecule has 0 atom stereocenters. The van der Waals surface area contributed by atoms with Crippen LogP contribution >= 0.6 is 21.6 Å². The molecule has 0 N–H and O–H groups in total. The first kappa shape index (κ1) is 9.79. The molecule has 0 unspecified atom stereocenters. The van der Waals surface area contributed by atoms with E-state index in [-0.39, 0.29) is 0 Å². The van der Waals surface area contributed by atoms with Gasteiger partial charge in [-0.3, -0.25) is 0 Å². The summed E-state index contributed by atoms with van der Waals surface area (Å²) in [6.07, 6.45) is 4.34. The molecule has 0 radical (unpaired) electrons. The van der Waals surface area contributed by atoms with Crippen molar-refractivity contribution in [3.05, 3.63) is 0 Å². The van der Waals surface area contributed by atoms with Gasteiger partial charge >= 0.3 is 0 Å². The molecule has 0 aliphatic carbocycles. The minimum absolute atomic E-state index is 0.900. The van der Waals surface area contributed by atoms with Gasteiger partial charge in [-0.1, -0.05) is 48.3 Å². The third kappa shape index (κ3) is 4.32. The summed E-state index contributed by atoms with van der Waals surface area (Å²) in [5.74, 6) is 4.74. The third-order valence-electron chi connectivity index (χ3n) is 2.08. The van der Waals surface area contributed by atoms with Crippen LogP contribution in [0.1, 0.15) is 33.1 Å². The SMILES string of the molecule is CC(C)CCCC1CSSC1. The lowest BCUT2D eigenvalue weighted by Gasteiger charge is -2.07. The van der Waals surface area contributed by atoms with Crippen LogP contribution in [-0.2, 0) is 0 Å². The second kappa shape index (κ2) is 5.36. The Balaban J connectivity index is 1.94. The zero-order chi connectivity index (χ0) is 8.10. The van der Waals surface area contributed by atoms with Gasteiger partial charge < -0.3 is 0 Å². The van der Waals surface area contributed by atoms with Crippen LogP contribution in [-0.4, -0.2) is 11.5 Å². The van der Waals surface area contributed by atoms with Crippen molar-refractivity contribution in [3.63, 3.8) is 0 Å². The molecule has 1 saturated heterocycles. The highest BCUT2D eigenvalue weighted by atomic mass is 33.1. The molecule has 0 saturated carbocycles. The Morgan fingerprint density at radius 1 is 1.27 bits per heavy atom. The fourth-order valence-electron chi connectivity index (χ4n) is 1.32. The van der Waals surface area contributed by atoms with Gasteiger partial charge in [0.05, 0.1) is 0 Å². The van der Waals surface area contributed by atoms with Gasteiger partial charge in [0.25, 0.3) is 0 Å². The van der Waals surface area contributed by atoms with E-state index in [4.69, 9.17) is 0 Å². The first-order chi connectivity index (χ1) is 5.29. The molecular weight excluding hydrogens is 172 g/mol. The average Bonchev–Trinajstić information content (AvgIpc) is 2.39. The molecular formula is C9H18S2. The number of hydrogen-bond donors (Lipinski definition) is 0. The van der Waals surface area contributed by atoms with Crippen molar-refractivity contribution in [1.82, 2.24) is 0 Å². The van der Waals surface area contributed by atoms with Crippen molar-refractivity contribution in [2.75, 3.05) is 11.5 Å². The summed E-state index contributed by atoms with van der Waals surface area (Å²) in [4.78, 5) is 0. The van der Waals surface area contributed by atoms with E-state index in [0.29, 0.717) is 0 Å². The zero-order valence-corrected chi connectivity index (χ0v) is 9.14. The topological polar surface area (TPSA) is 0 Å². The van der Waals surface area contributed by atoms with Gasteiger partial charge in [0.2, 0.25) is 0 Å². The van der Waals surface area contributed by atoms with Gasteiger partial charge in [-0.05, 0) is 18.3 Å². The molecule has 1 heterocycles. The van der Waals surface area contributed by atoms with E-state index in [2.05, 4.69) is 35.4 Å². The quantitative estimate of drug-likeness (QED) is 0.618. The van der Waals surface area contributed by atoms with Gasteiger partial charge in [-0.15, -0.1) is 0 Å². The highest BCUT2D eigenvalue weighted by Gasteiger charge is 2.15. The molecule has 0 nitrogen and oxygen atoms in total. The van der Waals surface area contributed by atoms with Gasteiger partial charge in [0, 0.05) is 11.5 Å². The van der Waals surface area contributed by atoms with E-state index in [1.807, 2.05) is 0 Å². The molecule has 1 aliphatic rings. The summed E-state index contributed by atoms with van der Waals surface area (Å²) in [6, 6.07) is 0. The summed E-state index contributed by atoms with van der Waals surface area (Å²) in [6.45, 7) is 4.64.